The molecule has 1 aliphatic rings. The Hall–Kier alpha value is -4.49. The lowest BCUT2D eigenvalue weighted by atomic mass is 10.1. The number of methoxy groups -OCH3 is 1. The van der Waals surface area contributed by atoms with Gasteiger partial charge in [0.05, 0.1) is 23.4 Å². The molecule has 1 saturated heterocycles. The van der Waals surface area contributed by atoms with Gasteiger partial charge in [-0.3, -0.25) is 9.69 Å². The Morgan fingerprint density at radius 1 is 0.977 bits per heavy atom. The number of aromatic amines is 1. The summed E-state index contributed by atoms with van der Waals surface area (Å²) in [6.07, 6.45) is 5.74. The van der Waals surface area contributed by atoms with Crippen LogP contribution in [0.15, 0.2) is 88.9 Å². The quantitative estimate of drug-likeness (QED) is 0.186. The van der Waals surface area contributed by atoms with Crippen molar-refractivity contribution in [1.82, 2.24) is 14.5 Å². The monoisotopic (exact) mass is 588 g/mol. The summed E-state index contributed by atoms with van der Waals surface area (Å²) in [5.74, 6) is 0.748. The van der Waals surface area contributed by atoms with Gasteiger partial charge in [-0.05, 0) is 110 Å². The highest BCUT2D eigenvalue weighted by Crippen LogP contribution is 2.36. The molecule has 218 valence electrons. The lowest BCUT2D eigenvalue weighted by molar-refractivity contribution is -0.122. The lowest BCUT2D eigenvalue weighted by Gasteiger charge is -2.17. The number of ether oxygens (including phenoxy) is 1. The fourth-order valence-electron chi connectivity index (χ4n) is 5.87. The third-order valence-electron chi connectivity index (χ3n) is 8.15. The Kier molecular flexibility index (Phi) is 8.00. The van der Waals surface area contributed by atoms with Crippen molar-refractivity contribution in [3.8, 4) is 11.4 Å². The Bertz CT molecular complexity index is 1880. The van der Waals surface area contributed by atoms with Crippen molar-refractivity contribution in [2.24, 2.45) is 4.99 Å². The first kappa shape index (κ1) is 28.6. The topological polar surface area (TPSA) is 62.6 Å². The highest BCUT2D eigenvalue weighted by molar-refractivity contribution is 8.18. The SMILES string of the molecule is CCc1cccc(C)c1-n1c(C)cc(/C=C2\SC(=Nc3ccc(OC)cc3)N(CCc3c[nH]c4ccccc34)C2=O)c1C. The van der Waals surface area contributed by atoms with Gasteiger partial charge in [0.2, 0.25) is 0 Å². The van der Waals surface area contributed by atoms with Crippen molar-refractivity contribution in [2.45, 2.75) is 40.5 Å². The third kappa shape index (κ3) is 5.53. The Balaban J connectivity index is 1.36. The van der Waals surface area contributed by atoms with E-state index in [2.05, 4.69) is 73.6 Å². The first-order valence-electron chi connectivity index (χ1n) is 14.6. The maximum absolute atomic E-state index is 14.0. The number of nitrogens with one attached hydrogen (secondary N) is 1. The molecule has 1 N–H and O–H groups in total. The van der Waals surface area contributed by atoms with Gasteiger partial charge in [0.15, 0.2) is 5.17 Å². The molecule has 6 rings (SSSR count). The maximum atomic E-state index is 14.0. The number of fused-ring (bicyclic) bond motifs is 1. The van der Waals surface area contributed by atoms with Crippen molar-refractivity contribution >= 4 is 45.5 Å². The first-order chi connectivity index (χ1) is 20.9. The number of aliphatic imine (C=N–C) groups is 1. The van der Waals surface area contributed by atoms with Gasteiger partial charge in [-0.1, -0.05) is 43.3 Å². The minimum Gasteiger partial charge on any atom is -0.497 e. The van der Waals surface area contributed by atoms with Crippen LogP contribution in [-0.2, 0) is 17.6 Å². The number of carbonyl (C=O) groups excluding carboxylic acids is 1. The number of carbonyl (C=O) groups is 1. The molecule has 0 bridgehead atoms. The molecule has 1 fully saturated rings. The van der Waals surface area contributed by atoms with Gasteiger partial charge in [0.25, 0.3) is 5.91 Å². The van der Waals surface area contributed by atoms with Gasteiger partial charge in [0, 0.05) is 35.0 Å². The molecule has 3 heterocycles. The summed E-state index contributed by atoms with van der Waals surface area (Å²) in [6, 6.07) is 24.5. The van der Waals surface area contributed by atoms with E-state index in [9.17, 15) is 4.79 Å². The second-order valence-electron chi connectivity index (χ2n) is 10.9. The van der Waals surface area contributed by atoms with Gasteiger partial charge < -0.3 is 14.3 Å². The van der Waals surface area contributed by atoms with Gasteiger partial charge in [-0.2, -0.15) is 0 Å². The van der Waals surface area contributed by atoms with E-state index in [1.165, 1.54) is 39.5 Å². The Morgan fingerprint density at radius 2 is 1.77 bits per heavy atom. The highest BCUT2D eigenvalue weighted by atomic mass is 32.2. The predicted molar refractivity (Wildman–Crippen MR) is 179 cm³/mol. The number of amidine groups is 1. The van der Waals surface area contributed by atoms with E-state index in [-0.39, 0.29) is 5.91 Å². The average Bonchev–Trinajstić information content (AvgIpc) is 3.65. The number of rotatable bonds is 8. The molecule has 1 aliphatic heterocycles. The molecule has 5 aromatic rings. The molecule has 0 saturated carbocycles. The number of benzene rings is 3. The molecule has 0 unspecified atom stereocenters. The zero-order valence-corrected chi connectivity index (χ0v) is 26.1. The molecule has 1 amide bonds. The van der Waals surface area contributed by atoms with Crippen LogP contribution in [0.1, 0.15) is 40.6 Å². The standard InChI is InChI=1S/C36H36N4O2S/c1-6-26-11-9-10-23(2)34(26)40-24(3)20-28(25(40)4)21-33-35(41)39(19-18-27-22-37-32-13-8-7-12-31(27)32)36(43-33)38-29-14-16-30(42-5)17-15-29/h7-17,20-22,37H,6,18-19H2,1-5H3/b33-21-,38-36?. The van der Waals surface area contributed by atoms with E-state index >= 15 is 0 Å². The van der Waals surface area contributed by atoms with Crippen LogP contribution >= 0.6 is 11.8 Å². The van der Waals surface area contributed by atoms with Crippen LogP contribution in [-0.4, -0.2) is 39.2 Å². The van der Waals surface area contributed by atoms with Crippen molar-refractivity contribution in [3.63, 3.8) is 0 Å². The normalized spacial score (nSPS) is 15.4. The summed E-state index contributed by atoms with van der Waals surface area (Å²) in [6.45, 7) is 9.15. The van der Waals surface area contributed by atoms with Crippen LogP contribution in [0.2, 0.25) is 0 Å². The average molecular weight is 589 g/mol. The number of H-pyrrole nitrogens is 1. The van der Waals surface area contributed by atoms with Crippen molar-refractivity contribution in [3.05, 3.63) is 118 Å². The fourth-order valence-corrected chi connectivity index (χ4v) is 6.89. The number of para-hydroxylation sites is 2. The van der Waals surface area contributed by atoms with Crippen LogP contribution in [0.5, 0.6) is 5.75 Å². The van der Waals surface area contributed by atoms with Crippen molar-refractivity contribution in [1.29, 1.82) is 0 Å². The van der Waals surface area contributed by atoms with Crippen molar-refractivity contribution < 1.29 is 9.53 Å². The summed E-state index contributed by atoms with van der Waals surface area (Å²) in [4.78, 5) is 24.7. The number of aryl methyl sites for hydroxylation is 3. The van der Waals surface area contributed by atoms with Crippen LogP contribution in [0.25, 0.3) is 22.7 Å². The molecule has 6 nitrogen and oxygen atoms in total. The highest BCUT2D eigenvalue weighted by Gasteiger charge is 2.33. The zero-order chi connectivity index (χ0) is 30.1. The molecule has 3 aromatic carbocycles. The third-order valence-corrected chi connectivity index (χ3v) is 9.15. The Labute approximate surface area is 257 Å². The zero-order valence-electron chi connectivity index (χ0n) is 25.3. The predicted octanol–water partition coefficient (Wildman–Crippen LogP) is 8.30. The van der Waals surface area contributed by atoms with E-state index in [1.807, 2.05) is 53.6 Å². The van der Waals surface area contributed by atoms with Crippen LogP contribution in [0.4, 0.5) is 5.69 Å². The van der Waals surface area contributed by atoms with E-state index in [0.717, 1.165) is 40.3 Å². The van der Waals surface area contributed by atoms with E-state index in [1.54, 1.807) is 7.11 Å². The first-order valence-corrected chi connectivity index (χ1v) is 15.5. The summed E-state index contributed by atoms with van der Waals surface area (Å²) >= 11 is 1.44. The van der Waals surface area contributed by atoms with Crippen LogP contribution < -0.4 is 4.74 Å². The number of aromatic nitrogens is 2. The van der Waals surface area contributed by atoms with E-state index < -0.39 is 0 Å². The van der Waals surface area contributed by atoms with Crippen LogP contribution in [0.3, 0.4) is 0 Å². The second kappa shape index (κ2) is 12.0. The molecule has 0 radical (unpaired) electrons. The minimum absolute atomic E-state index is 0.0213. The lowest BCUT2D eigenvalue weighted by Crippen LogP contribution is -2.31. The number of thioether (sulfide) groups is 1. The summed E-state index contributed by atoms with van der Waals surface area (Å²) in [5, 5.41) is 1.86. The van der Waals surface area contributed by atoms with Gasteiger partial charge in [0.1, 0.15) is 5.75 Å². The van der Waals surface area contributed by atoms with Gasteiger partial charge in [-0.15, -0.1) is 0 Å². The molecular weight excluding hydrogens is 552 g/mol. The second-order valence-corrected chi connectivity index (χ2v) is 11.9. The molecule has 2 aromatic heterocycles. The number of hydrogen-bond acceptors (Lipinski definition) is 4. The molecule has 0 spiro atoms. The summed E-state index contributed by atoms with van der Waals surface area (Å²) in [7, 11) is 1.65. The minimum atomic E-state index is -0.0213. The molecule has 0 atom stereocenters. The number of amides is 1. The maximum Gasteiger partial charge on any atom is 0.266 e. The Morgan fingerprint density at radius 3 is 2.53 bits per heavy atom. The van der Waals surface area contributed by atoms with Crippen molar-refractivity contribution in [2.75, 3.05) is 13.7 Å². The number of hydrogen-bond donors (Lipinski definition) is 1. The van der Waals surface area contributed by atoms with Gasteiger partial charge in [-0.25, -0.2) is 4.99 Å². The number of nitrogens with zero attached hydrogens (tertiary/aromatic N) is 3. The van der Waals surface area contributed by atoms with E-state index in [4.69, 9.17) is 9.73 Å². The molecular formula is C36H36N4O2S. The molecule has 0 aliphatic carbocycles. The summed E-state index contributed by atoms with van der Waals surface area (Å²) in [5.41, 5.74) is 10.2. The summed E-state index contributed by atoms with van der Waals surface area (Å²) < 4.78 is 7.65. The van der Waals surface area contributed by atoms with E-state index in [0.29, 0.717) is 23.0 Å². The smallest absolute Gasteiger partial charge is 0.266 e. The van der Waals surface area contributed by atoms with Crippen LogP contribution in [0, 0.1) is 20.8 Å². The molecule has 43 heavy (non-hydrogen) atoms. The largest absolute Gasteiger partial charge is 0.497 e. The fraction of sp³-hybridized carbons (Fsp3) is 0.222. The molecule has 7 heteroatoms. The van der Waals surface area contributed by atoms with Gasteiger partial charge >= 0.3 is 0 Å².